The smallest absolute Gasteiger partial charge is 0.0424 e. The standard InChI is InChI=1S/C14H21NS/c1-5-7-8-13(15-9-6-2)14-10-11(3)12(4)16-14/h1,10,13,15H,6-9H2,2-4H3. The molecule has 1 heterocycles. The molecule has 0 saturated heterocycles. The van der Waals surface area contributed by atoms with Crippen molar-refractivity contribution >= 4 is 11.3 Å². The second-order valence-corrected chi connectivity index (χ2v) is 5.43. The van der Waals surface area contributed by atoms with E-state index in [1.807, 2.05) is 11.3 Å². The number of nitrogens with one attached hydrogen (secondary N) is 1. The predicted octanol–water partition coefficient (Wildman–Crippen LogP) is 3.82. The summed E-state index contributed by atoms with van der Waals surface area (Å²) in [4.78, 5) is 2.85. The Morgan fingerprint density at radius 3 is 2.75 bits per heavy atom. The van der Waals surface area contributed by atoms with E-state index in [1.54, 1.807) is 0 Å². The van der Waals surface area contributed by atoms with Crippen LogP contribution in [0.15, 0.2) is 6.07 Å². The molecule has 0 aliphatic carbocycles. The molecule has 1 aromatic rings. The van der Waals surface area contributed by atoms with E-state index in [1.165, 1.54) is 15.3 Å². The van der Waals surface area contributed by atoms with Gasteiger partial charge in [0, 0.05) is 22.2 Å². The van der Waals surface area contributed by atoms with Gasteiger partial charge in [0.15, 0.2) is 0 Å². The molecule has 0 radical (unpaired) electrons. The van der Waals surface area contributed by atoms with Gasteiger partial charge in [-0.15, -0.1) is 23.7 Å². The number of aryl methyl sites for hydroxylation is 2. The third-order valence-corrected chi connectivity index (χ3v) is 4.01. The lowest BCUT2D eigenvalue weighted by Gasteiger charge is -2.15. The molecular formula is C14H21NS. The average molecular weight is 235 g/mol. The number of hydrogen-bond donors (Lipinski definition) is 1. The summed E-state index contributed by atoms with van der Waals surface area (Å²) in [5.41, 5.74) is 1.39. The molecule has 1 atom stereocenters. The summed E-state index contributed by atoms with van der Waals surface area (Å²) < 4.78 is 0. The van der Waals surface area contributed by atoms with Crippen LogP contribution in [0.3, 0.4) is 0 Å². The molecule has 0 fully saturated rings. The van der Waals surface area contributed by atoms with Crippen LogP contribution in [0.2, 0.25) is 0 Å². The summed E-state index contributed by atoms with van der Waals surface area (Å²) in [6.07, 6.45) is 8.39. The van der Waals surface area contributed by atoms with Gasteiger partial charge < -0.3 is 5.32 Å². The van der Waals surface area contributed by atoms with Crippen LogP contribution in [-0.4, -0.2) is 6.54 Å². The Labute approximate surface area is 103 Å². The quantitative estimate of drug-likeness (QED) is 0.739. The highest BCUT2D eigenvalue weighted by molar-refractivity contribution is 7.12. The van der Waals surface area contributed by atoms with E-state index >= 15 is 0 Å². The second-order valence-electron chi connectivity index (χ2n) is 4.14. The molecule has 1 nitrogen and oxygen atoms in total. The molecule has 1 aromatic heterocycles. The number of hydrogen-bond acceptors (Lipinski definition) is 2. The van der Waals surface area contributed by atoms with Crippen molar-refractivity contribution < 1.29 is 0 Å². The SMILES string of the molecule is C#CCCC(NCCC)c1cc(C)c(C)s1. The van der Waals surface area contributed by atoms with Gasteiger partial charge in [-0.2, -0.15) is 0 Å². The minimum Gasteiger partial charge on any atom is -0.309 e. The van der Waals surface area contributed by atoms with Crippen LogP contribution in [-0.2, 0) is 0 Å². The van der Waals surface area contributed by atoms with Crippen molar-refractivity contribution in [3.05, 3.63) is 21.4 Å². The zero-order valence-corrected chi connectivity index (χ0v) is 11.3. The van der Waals surface area contributed by atoms with Crippen LogP contribution in [0.25, 0.3) is 0 Å². The Hall–Kier alpha value is -0.780. The molecule has 16 heavy (non-hydrogen) atoms. The lowest BCUT2D eigenvalue weighted by Crippen LogP contribution is -2.21. The zero-order valence-electron chi connectivity index (χ0n) is 10.5. The van der Waals surface area contributed by atoms with E-state index in [-0.39, 0.29) is 0 Å². The van der Waals surface area contributed by atoms with Crippen molar-refractivity contribution in [3.63, 3.8) is 0 Å². The third-order valence-electron chi connectivity index (χ3n) is 2.75. The summed E-state index contributed by atoms with van der Waals surface area (Å²) in [5, 5.41) is 3.58. The topological polar surface area (TPSA) is 12.0 Å². The van der Waals surface area contributed by atoms with Crippen molar-refractivity contribution in [1.29, 1.82) is 0 Å². The molecule has 0 bridgehead atoms. The van der Waals surface area contributed by atoms with E-state index in [4.69, 9.17) is 6.42 Å². The normalized spacial score (nSPS) is 12.4. The predicted molar refractivity (Wildman–Crippen MR) is 72.9 cm³/mol. The highest BCUT2D eigenvalue weighted by atomic mass is 32.1. The fourth-order valence-corrected chi connectivity index (χ4v) is 2.82. The zero-order chi connectivity index (χ0) is 12.0. The van der Waals surface area contributed by atoms with Gasteiger partial charge in [-0.3, -0.25) is 0 Å². The van der Waals surface area contributed by atoms with Gasteiger partial charge in [0.25, 0.3) is 0 Å². The molecule has 1 unspecified atom stereocenters. The van der Waals surface area contributed by atoms with Crippen molar-refractivity contribution in [1.82, 2.24) is 5.32 Å². The van der Waals surface area contributed by atoms with Gasteiger partial charge in [-0.05, 0) is 44.9 Å². The summed E-state index contributed by atoms with van der Waals surface area (Å²) in [6, 6.07) is 2.73. The molecule has 0 saturated carbocycles. The largest absolute Gasteiger partial charge is 0.309 e. The lowest BCUT2D eigenvalue weighted by atomic mass is 10.1. The monoisotopic (exact) mass is 235 g/mol. The van der Waals surface area contributed by atoms with Crippen LogP contribution in [0.1, 0.15) is 47.5 Å². The Bertz CT molecular complexity index is 340. The van der Waals surface area contributed by atoms with Gasteiger partial charge in [0.1, 0.15) is 0 Å². The minimum atomic E-state index is 0.438. The molecule has 2 heteroatoms. The Balaban J connectivity index is 2.71. The first kappa shape index (κ1) is 13.3. The lowest BCUT2D eigenvalue weighted by molar-refractivity contribution is 0.512. The van der Waals surface area contributed by atoms with E-state index < -0.39 is 0 Å². The highest BCUT2D eigenvalue weighted by Gasteiger charge is 2.13. The van der Waals surface area contributed by atoms with Gasteiger partial charge in [0.2, 0.25) is 0 Å². The first-order valence-corrected chi connectivity index (χ1v) is 6.74. The molecule has 1 N–H and O–H groups in total. The molecular weight excluding hydrogens is 214 g/mol. The van der Waals surface area contributed by atoms with Gasteiger partial charge in [-0.25, -0.2) is 0 Å². The summed E-state index contributed by atoms with van der Waals surface area (Å²) in [5.74, 6) is 2.73. The summed E-state index contributed by atoms with van der Waals surface area (Å²) in [7, 11) is 0. The Kier molecular flexibility index (Phi) is 5.59. The van der Waals surface area contributed by atoms with Crippen molar-refractivity contribution in [3.8, 4) is 12.3 Å². The maximum atomic E-state index is 5.34. The number of rotatable bonds is 6. The molecule has 88 valence electrons. The van der Waals surface area contributed by atoms with Crippen LogP contribution in [0.4, 0.5) is 0 Å². The van der Waals surface area contributed by atoms with Crippen molar-refractivity contribution in [2.75, 3.05) is 6.54 Å². The fraction of sp³-hybridized carbons (Fsp3) is 0.571. The Morgan fingerprint density at radius 2 is 2.25 bits per heavy atom. The Morgan fingerprint density at radius 1 is 1.50 bits per heavy atom. The summed E-state index contributed by atoms with van der Waals surface area (Å²) >= 11 is 1.89. The molecule has 0 aliphatic rings. The first-order chi connectivity index (χ1) is 7.69. The molecule has 0 spiro atoms. The molecule has 1 rings (SSSR count). The number of thiophene rings is 1. The highest BCUT2D eigenvalue weighted by Crippen LogP contribution is 2.28. The van der Waals surface area contributed by atoms with Gasteiger partial charge >= 0.3 is 0 Å². The third kappa shape index (κ3) is 3.66. The fourth-order valence-electron chi connectivity index (χ4n) is 1.66. The van der Waals surface area contributed by atoms with Crippen molar-refractivity contribution in [2.45, 2.75) is 46.1 Å². The molecule has 0 aromatic carbocycles. The van der Waals surface area contributed by atoms with Crippen LogP contribution < -0.4 is 5.32 Å². The van der Waals surface area contributed by atoms with E-state index in [9.17, 15) is 0 Å². The van der Waals surface area contributed by atoms with Crippen molar-refractivity contribution in [2.24, 2.45) is 0 Å². The van der Waals surface area contributed by atoms with E-state index in [0.717, 1.165) is 25.8 Å². The minimum absolute atomic E-state index is 0.438. The van der Waals surface area contributed by atoms with Gasteiger partial charge in [-0.1, -0.05) is 6.92 Å². The first-order valence-electron chi connectivity index (χ1n) is 5.92. The van der Waals surface area contributed by atoms with E-state index in [2.05, 4.69) is 38.1 Å². The number of terminal acetylenes is 1. The van der Waals surface area contributed by atoms with Gasteiger partial charge in [0.05, 0.1) is 0 Å². The van der Waals surface area contributed by atoms with Crippen LogP contribution >= 0.6 is 11.3 Å². The maximum absolute atomic E-state index is 5.34. The second kappa shape index (κ2) is 6.73. The molecule has 0 amide bonds. The average Bonchev–Trinajstić information content (AvgIpc) is 2.59. The molecule has 0 aliphatic heterocycles. The van der Waals surface area contributed by atoms with Crippen LogP contribution in [0, 0.1) is 26.2 Å². The van der Waals surface area contributed by atoms with Crippen LogP contribution in [0.5, 0.6) is 0 Å². The summed E-state index contributed by atoms with van der Waals surface area (Å²) in [6.45, 7) is 7.61. The maximum Gasteiger partial charge on any atom is 0.0424 e. The van der Waals surface area contributed by atoms with E-state index in [0.29, 0.717) is 6.04 Å².